The van der Waals surface area contributed by atoms with Crippen LogP contribution < -0.4 is 5.63 Å². The molecule has 0 saturated carbocycles. The number of carbonyl (C=O) groups is 1. The lowest BCUT2D eigenvalue weighted by Gasteiger charge is -2.11. The standard InChI is InChI=1S/C22H20O4S2/c1-13-9-18-17(11-20(23)26-19(18)10-14(13)2)12-25-21(24)15-3-5-16(6-4-15)22-27-7-8-28-22/h3-6,9-11,22H,7-8,12H2,1-2H3. The van der Waals surface area contributed by atoms with Crippen LogP contribution in [0.3, 0.4) is 0 Å². The van der Waals surface area contributed by atoms with Gasteiger partial charge in [0.05, 0.1) is 10.1 Å². The van der Waals surface area contributed by atoms with Gasteiger partial charge in [-0.05, 0) is 54.8 Å². The zero-order valence-electron chi connectivity index (χ0n) is 15.7. The van der Waals surface area contributed by atoms with Crippen LogP contribution in [0, 0.1) is 13.8 Å². The molecule has 0 N–H and O–H groups in total. The summed E-state index contributed by atoms with van der Waals surface area (Å²) in [6.07, 6.45) is 0. The van der Waals surface area contributed by atoms with Crippen molar-refractivity contribution in [2.24, 2.45) is 0 Å². The molecular formula is C22H20O4S2. The van der Waals surface area contributed by atoms with Crippen LogP contribution >= 0.6 is 23.5 Å². The van der Waals surface area contributed by atoms with E-state index in [9.17, 15) is 9.59 Å². The van der Waals surface area contributed by atoms with Gasteiger partial charge in [-0.15, -0.1) is 23.5 Å². The average molecular weight is 413 g/mol. The largest absolute Gasteiger partial charge is 0.457 e. The quantitative estimate of drug-likeness (QED) is 0.431. The van der Waals surface area contributed by atoms with Crippen molar-refractivity contribution in [2.75, 3.05) is 11.5 Å². The molecule has 144 valence electrons. The molecule has 4 rings (SSSR count). The maximum Gasteiger partial charge on any atom is 0.338 e. The van der Waals surface area contributed by atoms with E-state index < -0.39 is 11.6 Å². The van der Waals surface area contributed by atoms with Gasteiger partial charge in [0, 0.05) is 28.5 Å². The number of aryl methyl sites for hydroxylation is 2. The van der Waals surface area contributed by atoms with Crippen molar-refractivity contribution in [3.8, 4) is 0 Å². The van der Waals surface area contributed by atoms with E-state index in [-0.39, 0.29) is 6.61 Å². The Morgan fingerprint density at radius 1 is 1.07 bits per heavy atom. The van der Waals surface area contributed by atoms with E-state index in [1.165, 1.54) is 11.6 Å². The second-order valence-corrected chi connectivity index (χ2v) is 9.52. The van der Waals surface area contributed by atoms with Crippen LogP contribution in [-0.2, 0) is 11.3 Å². The molecule has 0 atom stereocenters. The molecule has 1 aliphatic rings. The summed E-state index contributed by atoms with van der Waals surface area (Å²) in [7, 11) is 0. The van der Waals surface area contributed by atoms with E-state index in [4.69, 9.17) is 9.15 Å². The van der Waals surface area contributed by atoms with E-state index in [0.717, 1.165) is 28.0 Å². The lowest BCUT2D eigenvalue weighted by Crippen LogP contribution is -2.08. The summed E-state index contributed by atoms with van der Waals surface area (Å²) in [4.78, 5) is 24.3. The third kappa shape index (κ3) is 3.98. The highest BCUT2D eigenvalue weighted by Crippen LogP contribution is 2.45. The predicted octanol–water partition coefficient (Wildman–Crippen LogP) is 5.25. The minimum absolute atomic E-state index is 0.0273. The molecule has 0 amide bonds. The summed E-state index contributed by atoms with van der Waals surface area (Å²) < 4.78 is 11.2. The minimum atomic E-state index is -0.447. The molecule has 0 aliphatic carbocycles. The molecule has 0 radical (unpaired) electrons. The van der Waals surface area contributed by atoms with Crippen LogP contribution in [0.2, 0.25) is 0 Å². The molecule has 1 aromatic heterocycles. The first-order valence-corrected chi connectivity index (χ1v) is 11.2. The third-order valence-electron chi connectivity index (χ3n) is 4.84. The fraction of sp³-hybridized carbons (Fsp3) is 0.273. The van der Waals surface area contributed by atoms with E-state index in [1.807, 2.05) is 73.8 Å². The number of rotatable bonds is 4. The number of hydrogen-bond acceptors (Lipinski definition) is 6. The van der Waals surface area contributed by atoms with Gasteiger partial charge in [0.2, 0.25) is 0 Å². The molecule has 6 heteroatoms. The Kier molecular flexibility index (Phi) is 5.51. The number of thioether (sulfide) groups is 2. The molecule has 1 fully saturated rings. The molecule has 28 heavy (non-hydrogen) atoms. The number of fused-ring (bicyclic) bond motifs is 1. The number of ether oxygens (including phenoxy) is 1. The Hall–Kier alpha value is -2.18. The SMILES string of the molecule is Cc1cc2oc(=O)cc(COC(=O)c3ccc(C4SCCS4)cc3)c2cc1C. The van der Waals surface area contributed by atoms with Gasteiger partial charge >= 0.3 is 11.6 Å². The minimum Gasteiger partial charge on any atom is -0.457 e. The lowest BCUT2D eigenvalue weighted by atomic mass is 10.0. The molecule has 0 unspecified atom stereocenters. The van der Waals surface area contributed by atoms with Crippen molar-refractivity contribution in [3.05, 3.63) is 80.7 Å². The van der Waals surface area contributed by atoms with Crippen molar-refractivity contribution >= 4 is 40.5 Å². The Bertz CT molecular complexity index is 1080. The second kappa shape index (κ2) is 8.05. The van der Waals surface area contributed by atoms with E-state index in [0.29, 0.717) is 21.3 Å². The lowest BCUT2D eigenvalue weighted by molar-refractivity contribution is 0.0474. The smallest absolute Gasteiger partial charge is 0.338 e. The van der Waals surface area contributed by atoms with Crippen LogP contribution in [0.25, 0.3) is 11.0 Å². The number of benzene rings is 2. The van der Waals surface area contributed by atoms with Crippen molar-refractivity contribution in [1.82, 2.24) is 0 Å². The Morgan fingerprint density at radius 3 is 2.46 bits per heavy atom. The summed E-state index contributed by atoms with van der Waals surface area (Å²) in [5, 5.41) is 0.793. The highest BCUT2D eigenvalue weighted by atomic mass is 32.2. The molecule has 2 heterocycles. The Balaban J connectivity index is 1.51. The highest BCUT2D eigenvalue weighted by Gasteiger charge is 2.19. The maximum atomic E-state index is 12.5. The molecular weight excluding hydrogens is 392 g/mol. The van der Waals surface area contributed by atoms with E-state index in [2.05, 4.69) is 0 Å². The summed E-state index contributed by atoms with van der Waals surface area (Å²) in [6.45, 7) is 3.99. The summed E-state index contributed by atoms with van der Waals surface area (Å²) in [5.74, 6) is 1.93. The monoisotopic (exact) mass is 412 g/mol. The normalized spacial score (nSPS) is 14.5. The first-order chi connectivity index (χ1) is 13.5. The van der Waals surface area contributed by atoms with Gasteiger partial charge in [0.15, 0.2) is 0 Å². The van der Waals surface area contributed by atoms with Gasteiger partial charge in [-0.2, -0.15) is 0 Å². The highest BCUT2D eigenvalue weighted by molar-refractivity contribution is 8.19. The van der Waals surface area contributed by atoms with Crippen molar-refractivity contribution in [1.29, 1.82) is 0 Å². The van der Waals surface area contributed by atoms with Crippen molar-refractivity contribution in [3.63, 3.8) is 0 Å². The molecule has 0 spiro atoms. The number of carbonyl (C=O) groups excluding carboxylic acids is 1. The second-order valence-electron chi connectivity index (χ2n) is 6.79. The van der Waals surface area contributed by atoms with Gasteiger partial charge in [-0.1, -0.05) is 12.1 Å². The molecule has 1 saturated heterocycles. The van der Waals surface area contributed by atoms with E-state index in [1.54, 1.807) is 0 Å². The zero-order valence-corrected chi connectivity index (χ0v) is 17.3. The van der Waals surface area contributed by atoms with E-state index >= 15 is 0 Å². The topological polar surface area (TPSA) is 56.5 Å². The number of esters is 1. The summed E-state index contributed by atoms with van der Waals surface area (Å²) >= 11 is 3.86. The van der Waals surface area contributed by atoms with Crippen molar-refractivity contribution in [2.45, 2.75) is 25.0 Å². The Morgan fingerprint density at radius 2 is 1.75 bits per heavy atom. The molecule has 4 nitrogen and oxygen atoms in total. The van der Waals surface area contributed by atoms with Crippen LogP contribution in [-0.4, -0.2) is 17.5 Å². The fourth-order valence-corrected chi connectivity index (χ4v) is 6.02. The molecule has 2 aromatic carbocycles. The third-order valence-corrected chi connectivity index (χ3v) is 7.95. The molecule has 3 aromatic rings. The first kappa shape index (κ1) is 19.2. The maximum absolute atomic E-state index is 12.5. The fourth-order valence-electron chi connectivity index (χ4n) is 3.16. The average Bonchev–Trinajstić information content (AvgIpc) is 3.22. The van der Waals surface area contributed by atoms with Gasteiger partial charge < -0.3 is 9.15 Å². The summed E-state index contributed by atoms with van der Waals surface area (Å²) in [6, 6.07) is 12.8. The van der Waals surface area contributed by atoms with Crippen LogP contribution in [0.5, 0.6) is 0 Å². The van der Waals surface area contributed by atoms with Gasteiger partial charge in [-0.3, -0.25) is 0 Å². The first-order valence-electron chi connectivity index (χ1n) is 9.05. The van der Waals surface area contributed by atoms with Gasteiger partial charge in [0.1, 0.15) is 12.2 Å². The van der Waals surface area contributed by atoms with Crippen molar-refractivity contribution < 1.29 is 13.9 Å². The van der Waals surface area contributed by atoms with Gasteiger partial charge in [-0.25, -0.2) is 9.59 Å². The number of hydrogen-bond donors (Lipinski definition) is 0. The van der Waals surface area contributed by atoms with Crippen LogP contribution in [0.4, 0.5) is 0 Å². The zero-order chi connectivity index (χ0) is 19.7. The van der Waals surface area contributed by atoms with Gasteiger partial charge in [0.25, 0.3) is 0 Å². The van der Waals surface area contributed by atoms with Crippen LogP contribution in [0.15, 0.2) is 51.7 Å². The predicted molar refractivity (Wildman–Crippen MR) is 115 cm³/mol. The van der Waals surface area contributed by atoms with Crippen LogP contribution in [0.1, 0.15) is 37.2 Å². The summed E-state index contributed by atoms with van der Waals surface area (Å²) in [5.41, 5.74) is 4.58. The molecule has 0 bridgehead atoms. The Labute approximate surface area is 171 Å². The molecule has 1 aliphatic heterocycles.